The van der Waals surface area contributed by atoms with Crippen LogP contribution in [-0.2, 0) is 17.6 Å². The molecule has 1 heterocycles. The van der Waals surface area contributed by atoms with Crippen LogP contribution in [0.1, 0.15) is 90.6 Å². The Morgan fingerprint density at radius 1 is 0.886 bits per heavy atom. The summed E-state index contributed by atoms with van der Waals surface area (Å²) in [7, 11) is 0. The fraction of sp³-hybridized carbons (Fsp3) is 0.423. The molecule has 1 aliphatic rings. The summed E-state index contributed by atoms with van der Waals surface area (Å²) in [6, 6.07) is 2.09. The fourth-order valence-electron chi connectivity index (χ4n) is 4.17. The normalized spacial score (nSPS) is 12.2. The third-order valence-electron chi connectivity index (χ3n) is 5.94. The Balaban J connectivity index is 2.13. The molecule has 0 saturated heterocycles. The number of carboxylic acids is 1. The average molecular weight is 487 g/mol. The van der Waals surface area contributed by atoms with Gasteiger partial charge in [-0.2, -0.15) is 0 Å². The Morgan fingerprint density at radius 3 is 2.23 bits per heavy atom. The lowest BCUT2D eigenvalue weighted by Crippen LogP contribution is -2.13. The van der Waals surface area contributed by atoms with E-state index in [0.29, 0.717) is 12.8 Å². The van der Waals surface area contributed by atoms with Gasteiger partial charge in [0.05, 0.1) is 0 Å². The second kappa shape index (κ2) is 11.1. The highest BCUT2D eigenvalue weighted by atomic mass is 16.6. The predicted octanol–water partition coefficient (Wildman–Crippen LogP) is 5.25. The molecule has 9 nitrogen and oxygen atoms in total. The van der Waals surface area contributed by atoms with E-state index in [1.54, 1.807) is 0 Å². The number of phenols is 3. The SMILES string of the molecule is CCCCCC(=O)Cc1cc(O)c(O)c2c1C(=O)Oc1cc(O)c(C(=O)O)c(CCCCC)c1O2. The summed E-state index contributed by atoms with van der Waals surface area (Å²) in [6.45, 7) is 3.99. The molecule has 2 aromatic carbocycles. The number of esters is 1. The minimum Gasteiger partial charge on any atom is -0.507 e. The monoisotopic (exact) mass is 486 g/mol. The zero-order valence-corrected chi connectivity index (χ0v) is 19.8. The van der Waals surface area contributed by atoms with Crippen molar-refractivity contribution in [2.24, 2.45) is 0 Å². The molecule has 0 amide bonds. The molecule has 4 N–H and O–H groups in total. The number of hydrogen-bond acceptors (Lipinski definition) is 8. The summed E-state index contributed by atoms with van der Waals surface area (Å²) in [5, 5.41) is 40.9. The van der Waals surface area contributed by atoms with Crippen molar-refractivity contribution in [3.63, 3.8) is 0 Å². The number of fused-ring (bicyclic) bond motifs is 2. The van der Waals surface area contributed by atoms with Gasteiger partial charge in [-0.25, -0.2) is 9.59 Å². The van der Waals surface area contributed by atoms with Gasteiger partial charge in [0.25, 0.3) is 0 Å². The molecule has 0 unspecified atom stereocenters. The van der Waals surface area contributed by atoms with Crippen LogP contribution in [0.4, 0.5) is 0 Å². The van der Waals surface area contributed by atoms with E-state index in [-0.39, 0.29) is 53.2 Å². The maximum absolute atomic E-state index is 13.1. The van der Waals surface area contributed by atoms with E-state index in [1.807, 2.05) is 13.8 Å². The molecular formula is C26H30O9. The third-order valence-corrected chi connectivity index (χ3v) is 5.94. The summed E-state index contributed by atoms with van der Waals surface area (Å²) in [5.41, 5.74) is -0.423. The van der Waals surface area contributed by atoms with Crippen LogP contribution in [0.15, 0.2) is 12.1 Å². The highest BCUT2D eigenvalue weighted by molar-refractivity contribution is 6.01. The molecule has 0 spiro atoms. The molecule has 0 fully saturated rings. The first-order valence-corrected chi connectivity index (χ1v) is 11.8. The number of aromatic carboxylic acids is 1. The van der Waals surface area contributed by atoms with E-state index in [2.05, 4.69) is 0 Å². The van der Waals surface area contributed by atoms with E-state index < -0.39 is 40.5 Å². The molecule has 188 valence electrons. The summed E-state index contributed by atoms with van der Waals surface area (Å²) >= 11 is 0. The maximum atomic E-state index is 13.1. The quantitative estimate of drug-likeness (QED) is 0.144. The molecular weight excluding hydrogens is 456 g/mol. The molecule has 0 aromatic heterocycles. The smallest absolute Gasteiger partial charge is 0.347 e. The van der Waals surface area contributed by atoms with Crippen molar-refractivity contribution in [2.45, 2.75) is 71.6 Å². The number of phenolic OH excluding ortho intramolecular Hbond substituents is 2. The van der Waals surface area contributed by atoms with E-state index in [1.165, 1.54) is 0 Å². The highest BCUT2D eigenvalue weighted by Gasteiger charge is 2.34. The van der Waals surface area contributed by atoms with E-state index in [0.717, 1.165) is 37.8 Å². The molecule has 0 radical (unpaired) electrons. The summed E-state index contributed by atoms with van der Waals surface area (Å²) < 4.78 is 11.3. The largest absolute Gasteiger partial charge is 0.507 e. The van der Waals surface area contributed by atoms with Gasteiger partial charge >= 0.3 is 11.9 Å². The zero-order valence-electron chi connectivity index (χ0n) is 19.8. The third kappa shape index (κ3) is 5.50. The Morgan fingerprint density at radius 2 is 1.57 bits per heavy atom. The highest BCUT2D eigenvalue weighted by Crippen LogP contribution is 2.50. The van der Waals surface area contributed by atoms with Gasteiger partial charge in [0.1, 0.15) is 22.7 Å². The number of ketones is 1. The molecule has 1 aliphatic heterocycles. The number of carbonyl (C=O) groups is 3. The van der Waals surface area contributed by atoms with Gasteiger partial charge in [-0.15, -0.1) is 0 Å². The molecule has 2 aromatic rings. The van der Waals surface area contributed by atoms with Gasteiger partial charge in [0, 0.05) is 24.5 Å². The Labute approximate surface area is 202 Å². The number of hydrogen-bond donors (Lipinski definition) is 4. The first-order valence-electron chi connectivity index (χ1n) is 11.8. The van der Waals surface area contributed by atoms with Crippen LogP contribution in [0.3, 0.4) is 0 Å². The van der Waals surface area contributed by atoms with E-state index in [4.69, 9.17) is 9.47 Å². The van der Waals surface area contributed by atoms with Crippen molar-refractivity contribution in [3.8, 4) is 34.5 Å². The lowest BCUT2D eigenvalue weighted by atomic mass is 9.97. The van der Waals surface area contributed by atoms with Crippen LogP contribution >= 0.6 is 0 Å². The minimum absolute atomic E-state index is 0.0986. The van der Waals surface area contributed by atoms with Crippen molar-refractivity contribution >= 4 is 17.7 Å². The summed E-state index contributed by atoms with van der Waals surface area (Å²) in [5.74, 6) is -5.25. The Kier molecular flexibility index (Phi) is 8.22. The molecule has 3 rings (SSSR count). The molecule has 0 aliphatic carbocycles. The number of benzene rings is 2. The minimum atomic E-state index is -1.39. The van der Waals surface area contributed by atoms with Crippen LogP contribution in [0.5, 0.6) is 34.5 Å². The van der Waals surface area contributed by atoms with Crippen LogP contribution in [0, 0.1) is 0 Å². The Bertz CT molecular complexity index is 1150. The van der Waals surface area contributed by atoms with E-state index >= 15 is 0 Å². The number of rotatable bonds is 11. The van der Waals surface area contributed by atoms with Crippen molar-refractivity contribution < 1.29 is 44.3 Å². The van der Waals surface area contributed by atoms with Crippen molar-refractivity contribution in [3.05, 3.63) is 34.4 Å². The fourth-order valence-corrected chi connectivity index (χ4v) is 4.17. The van der Waals surface area contributed by atoms with Crippen LogP contribution in [0.2, 0.25) is 0 Å². The summed E-state index contributed by atoms with van der Waals surface area (Å²) in [6.07, 6.45) is 4.99. The topological polar surface area (TPSA) is 151 Å². The number of Topliss-reactive ketones (excluding diaryl/α,β-unsaturated/α-hetero) is 1. The first kappa shape index (κ1) is 25.9. The van der Waals surface area contributed by atoms with Gasteiger partial charge in [-0.1, -0.05) is 39.5 Å². The number of carboxylic acid groups (broad SMARTS) is 1. The van der Waals surface area contributed by atoms with Gasteiger partial charge in [0.2, 0.25) is 5.75 Å². The molecule has 0 saturated carbocycles. The zero-order chi connectivity index (χ0) is 25.7. The number of aromatic hydroxyl groups is 3. The van der Waals surface area contributed by atoms with Crippen LogP contribution in [0.25, 0.3) is 0 Å². The number of carbonyl (C=O) groups excluding carboxylic acids is 2. The molecule has 35 heavy (non-hydrogen) atoms. The lowest BCUT2D eigenvalue weighted by molar-refractivity contribution is -0.118. The molecule has 0 atom stereocenters. The van der Waals surface area contributed by atoms with Crippen molar-refractivity contribution in [2.75, 3.05) is 0 Å². The van der Waals surface area contributed by atoms with Crippen molar-refractivity contribution in [1.29, 1.82) is 0 Å². The van der Waals surface area contributed by atoms with Crippen LogP contribution in [-0.4, -0.2) is 38.1 Å². The van der Waals surface area contributed by atoms with Gasteiger partial charge in [0.15, 0.2) is 23.0 Å². The first-order chi connectivity index (χ1) is 16.7. The van der Waals surface area contributed by atoms with Gasteiger partial charge in [-0.3, -0.25) is 4.79 Å². The van der Waals surface area contributed by atoms with Gasteiger partial charge in [-0.05, 0) is 30.9 Å². The average Bonchev–Trinajstić information content (AvgIpc) is 2.93. The van der Waals surface area contributed by atoms with Gasteiger partial charge < -0.3 is 29.9 Å². The molecule has 0 bridgehead atoms. The standard InChI is InChI=1S/C26H30O9/c1-3-5-7-9-15(27)11-14-12-18(29)22(30)24-20(14)26(33)34-19-13-17(28)21(25(31)32)16(23(19)35-24)10-8-6-4-2/h12-13,28-30H,3-11H2,1-2H3,(H,31,32). The van der Waals surface area contributed by atoms with Crippen LogP contribution < -0.4 is 9.47 Å². The number of ether oxygens (including phenoxy) is 2. The maximum Gasteiger partial charge on any atom is 0.347 e. The Hall–Kier alpha value is -3.75. The second-order valence-corrected chi connectivity index (χ2v) is 8.61. The van der Waals surface area contributed by atoms with Crippen molar-refractivity contribution in [1.82, 2.24) is 0 Å². The predicted molar refractivity (Wildman–Crippen MR) is 126 cm³/mol. The second-order valence-electron chi connectivity index (χ2n) is 8.61. The lowest BCUT2D eigenvalue weighted by Gasteiger charge is -2.17. The summed E-state index contributed by atoms with van der Waals surface area (Å²) in [4.78, 5) is 37.5. The van der Waals surface area contributed by atoms with E-state index in [9.17, 15) is 34.8 Å². The number of unbranched alkanes of at least 4 members (excludes halogenated alkanes) is 4. The molecule has 9 heteroatoms.